The van der Waals surface area contributed by atoms with E-state index in [1.807, 2.05) is 0 Å². The normalized spacial score (nSPS) is 22.4. The van der Waals surface area contributed by atoms with Crippen LogP contribution in [0.1, 0.15) is 19.8 Å². The molecule has 2 unspecified atom stereocenters. The van der Waals surface area contributed by atoms with Crippen LogP contribution in [0.2, 0.25) is 0 Å². The summed E-state index contributed by atoms with van der Waals surface area (Å²) < 4.78 is 5.08. The number of ether oxygens (including phenoxy) is 1. The monoisotopic (exact) mass is 278 g/mol. The minimum Gasteiger partial charge on any atom is -0.497 e. The number of benzene rings is 1. The second kappa shape index (κ2) is 6.61. The molecule has 1 aliphatic heterocycles. The van der Waals surface area contributed by atoms with Gasteiger partial charge in [-0.25, -0.2) is 4.79 Å². The van der Waals surface area contributed by atoms with Crippen LogP contribution in [0.5, 0.6) is 5.75 Å². The molecule has 5 heteroatoms. The van der Waals surface area contributed by atoms with Gasteiger partial charge in [0.1, 0.15) is 5.75 Å². The maximum Gasteiger partial charge on any atom is 0.322 e. The standard InChI is InChI=1S/C15H22N2O3/c1-11-4-3-9-17(14(11)10-18)15(19)16-12-5-7-13(20-2)8-6-12/h5-8,11,14,18H,3-4,9-10H2,1-2H3,(H,16,19). The fourth-order valence-corrected chi connectivity index (χ4v) is 2.65. The molecule has 0 bridgehead atoms. The van der Waals surface area contributed by atoms with E-state index < -0.39 is 0 Å². The first kappa shape index (κ1) is 14.7. The van der Waals surface area contributed by atoms with E-state index in [1.165, 1.54) is 0 Å². The highest BCUT2D eigenvalue weighted by atomic mass is 16.5. The first-order valence-electron chi connectivity index (χ1n) is 6.98. The molecule has 1 saturated heterocycles. The van der Waals surface area contributed by atoms with Crippen molar-refractivity contribution in [3.05, 3.63) is 24.3 Å². The molecule has 1 heterocycles. The van der Waals surface area contributed by atoms with E-state index in [0.717, 1.165) is 24.3 Å². The number of aliphatic hydroxyl groups is 1. The predicted octanol–water partition coefficient (Wildman–Crippen LogP) is 2.32. The Labute approximate surface area is 119 Å². The molecule has 0 aromatic heterocycles. The molecular weight excluding hydrogens is 256 g/mol. The Kier molecular flexibility index (Phi) is 4.84. The van der Waals surface area contributed by atoms with Gasteiger partial charge < -0.3 is 20.1 Å². The highest BCUT2D eigenvalue weighted by Gasteiger charge is 2.31. The van der Waals surface area contributed by atoms with Crippen LogP contribution < -0.4 is 10.1 Å². The summed E-state index contributed by atoms with van der Waals surface area (Å²) in [5, 5.41) is 12.3. The van der Waals surface area contributed by atoms with Gasteiger partial charge in [0.15, 0.2) is 0 Å². The van der Waals surface area contributed by atoms with Crippen molar-refractivity contribution in [3.8, 4) is 5.75 Å². The molecule has 2 atom stereocenters. The second-order valence-corrected chi connectivity index (χ2v) is 5.22. The van der Waals surface area contributed by atoms with Gasteiger partial charge in [0.2, 0.25) is 0 Å². The average Bonchev–Trinajstić information content (AvgIpc) is 2.47. The first-order valence-corrected chi connectivity index (χ1v) is 6.98. The van der Waals surface area contributed by atoms with E-state index in [-0.39, 0.29) is 18.7 Å². The van der Waals surface area contributed by atoms with Crippen LogP contribution in [-0.2, 0) is 0 Å². The van der Waals surface area contributed by atoms with E-state index in [2.05, 4.69) is 12.2 Å². The summed E-state index contributed by atoms with van der Waals surface area (Å²) in [4.78, 5) is 14.0. The number of anilines is 1. The highest BCUT2D eigenvalue weighted by Crippen LogP contribution is 2.24. The summed E-state index contributed by atoms with van der Waals surface area (Å²) in [5.74, 6) is 1.08. The lowest BCUT2D eigenvalue weighted by Gasteiger charge is -2.38. The van der Waals surface area contributed by atoms with Gasteiger partial charge in [-0.3, -0.25) is 0 Å². The van der Waals surface area contributed by atoms with Crippen LogP contribution in [0.3, 0.4) is 0 Å². The topological polar surface area (TPSA) is 61.8 Å². The van der Waals surface area contributed by atoms with Crippen LogP contribution in [0.25, 0.3) is 0 Å². The van der Waals surface area contributed by atoms with Crippen LogP contribution in [0.15, 0.2) is 24.3 Å². The number of hydrogen-bond acceptors (Lipinski definition) is 3. The Morgan fingerprint density at radius 2 is 2.15 bits per heavy atom. The molecular formula is C15H22N2O3. The number of carbonyl (C=O) groups excluding carboxylic acids is 1. The van der Waals surface area contributed by atoms with Gasteiger partial charge in [0.05, 0.1) is 19.8 Å². The van der Waals surface area contributed by atoms with Gasteiger partial charge in [-0.05, 0) is 43.0 Å². The number of amides is 2. The van der Waals surface area contributed by atoms with Gasteiger partial charge in [0.25, 0.3) is 0 Å². The van der Waals surface area contributed by atoms with Crippen molar-refractivity contribution in [2.45, 2.75) is 25.8 Å². The Morgan fingerprint density at radius 3 is 2.75 bits per heavy atom. The molecule has 1 aromatic rings. The molecule has 5 nitrogen and oxygen atoms in total. The third kappa shape index (κ3) is 3.22. The number of aliphatic hydroxyl groups excluding tert-OH is 1. The number of nitrogens with one attached hydrogen (secondary N) is 1. The molecule has 0 saturated carbocycles. The maximum absolute atomic E-state index is 12.3. The lowest BCUT2D eigenvalue weighted by Crippen LogP contribution is -2.51. The van der Waals surface area contributed by atoms with E-state index in [1.54, 1.807) is 36.3 Å². The second-order valence-electron chi connectivity index (χ2n) is 5.22. The number of piperidine rings is 1. The van der Waals surface area contributed by atoms with Crippen molar-refractivity contribution in [1.29, 1.82) is 0 Å². The smallest absolute Gasteiger partial charge is 0.322 e. The fraction of sp³-hybridized carbons (Fsp3) is 0.533. The summed E-state index contributed by atoms with van der Waals surface area (Å²) in [5.41, 5.74) is 0.728. The summed E-state index contributed by atoms with van der Waals surface area (Å²) in [6.07, 6.45) is 2.03. The zero-order chi connectivity index (χ0) is 14.5. The SMILES string of the molecule is COc1ccc(NC(=O)N2CCCC(C)C2CO)cc1. The van der Waals surface area contributed by atoms with E-state index >= 15 is 0 Å². The number of hydrogen-bond donors (Lipinski definition) is 2. The zero-order valence-electron chi connectivity index (χ0n) is 12.0. The largest absolute Gasteiger partial charge is 0.497 e. The zero-order valence-corrected chi connectivity index (χ0v) is 12.0. The number of carbonyl (C=O) groups is 1. The van der Waals surface area contributed by atoms with Crippen molar-refractivity contribution >= 4 is 11.7 Å². The Morgan fingerprint density at radius 1 is 1.45 bits per heavy atom. The predicted molar refractivity (Wildman–Crippen MR) is 78.0 cm³/mol. The van der Waals surface area contributed by atoms with Gasteiger partial charge in [0, 0.05) is 12.2 Å². The third-order valence-corrected chi connectivity index (χ3v) is 3.90. The number of likely N-dealkylation sites (tertiary alicyclic amines) is 1. The van der Waals surface area contributed by atoms with Crippen LogP contribution in [0, 0.1) is 5.92 Å². The Hall–Kier alpha value is -1.75. The highest BCUT2D eigenvalue weighted by molar-refractivity contribution is 5.89. The van der Waals surface area contributed by atoms with Gasteiger partial charge in [-0.15, -0.1) is 0 Å². The molecule has 2 amide bonds. The fourth-order valence-electron chi connectivity index (χ4n) is 2.65. The van der Waals surface area contributed by atoms with Gasteiger partial charge in [-0.1, -0.05) is 6.92 Å². The molecule has 1 fully saturated rings. The summed E-state index contributed by atoms with van der Waals surface area (Å²) in [6.45, 7) is 2.78. The van der Waals surface area contributed by atoms with Crippen molar-refractivity contribution in [2.75, 3.05) is 25.6 Å². The van der Waals surface area contributed by atoms with Gasteiger partial charge in [-0.2, -0.15) is 0 Å². The maximum atomic E-state index is 12.3. The first-order chi connectivity index (χ1) is 9.65. The van der Waals surface area contributed by atoms with E-state index in [9.17, 15) is 9.90 Å². The molecule has 0 spiro atoms. The van der Waals surface area contributed by atoms with E-state index in [4.69, 9.17) is 4.74 Å². The molecule has 2 N–H and O–H groups in total. The summed E-state index contributed by atoms with van der Waals surface area (Å²) >= 11 is 0. The molecule has 0 radical (unpaired) electrons. The lowest BCUT2D eigenvalue weighted by molar-refractivity contribution is 0.0811. The Balaban J connectivity index is 2.02. The van der Waals surface area contributed by atoms with Crippen molar-refractivity contribution in [3.63, 3.8) is 0 Å². The van der Waals surface area contributed by atoms with E-state index in [0.29, 0.717) is 12.5 Å². The summed E-state index contributed by atoms with van der Waals surface area (Å²) in [7, 11) is 1.61. The average molecular weight is 278 g/mol. The third-order valence-electron chi connectivity index (χ3n) is 3.90. The van der Waals surface area contributed by atoms with Crippen molar-refractivity contribution in [2.24, 2.45) is 5.92 Å². The van der Waals surface area contributed by atoms with Crippen LogP contribution in [-0.4, -0.2) is 42.3 Å². The lowest BCUT2D eigenvalue weighted by atomic mass is 9.91. The van der Waals surface area contributed by atoms with Crippen molar-refractivity contribution in [1.82, 2.24) is 4.90 Å². The molecule has 1 aliphatic rings. The summed E-state index contributed by atoms with van der Waals surface area (Å²) in [6, 6.07) is 6.97. The molecule has 2 rings (SSSR count). The minimum absolute atomic E-state index is 0.0111. The Bertz CT molecular complexity index is 447. The van der Waals surface area contributed by atoms with Crippen LogP contribution in [0.4, 0.5) is 10.5 Å². The molecule has 110 valence electrons. The van der Waals surface area contributed by atoms with Crippen LogP contribution >= 0.6 is 0 Å². The number of rotatable bonds is 3. The van der Waals surface area contributed by atoms with Gasteiger partial charge >= 0.3 is 6.03 Å². The molecule has 1 aromatic carbocycles. The number of nitrogens with zero attached hydrogens (tertiary/aromatic N) is 1. The van der Waals surface area contributed by atoms with Crippen molar-refractivity contribution < 1.29 is 14.6 Å². The number of methoxy groups -OCH3 is 1. The minimum atomic E-state index is -0.152. The quantitative estimate of drug-likeness (QED) is 0.892. The number of urea groups is 1. The molecule has 0 aliphatic carbocycles. The molecule has 20 heavy (non-hydrogen) atoms.